The van der Waals surface area contributed by atoms with E-state index in [0.717, 1.165) is 0 Å². The summed E-state index contributed by atoms with van der Waals surface area (Å²) in [6.45, 7) is 0. The first-order valence-corrected chi connectivity index (χ1v) is 5.43. The van der Waals surface area contributed by atoms with Crippen molar-refractivity contribution in [1.82, 2.24) is 0 Å². The lowest BCUT2D eigenvalue weighted by atomic mass is 10.0. The molecular weight excluding hydrogens is 252 g/mol. The van der Waals surface area contributed by atoms with Gasteiger partial charge in [0.25, 0.3) is 0 Å². The number of aliphatic carboxylic acids is 1. The first-order valence-electron chi connectivity index (χ1n) is 5.43. The number of hydrogen-bond acceptors (Lipinski definition) is 5. The molecule has 0 saturated carbocycles. The SMILES string of the molecule is COc1ccc(OC)c2c1C=C(C=O)C(C(=O)O)O2. The summed E-state index contributed by atoms with van der Waals surface area (Å²) in [7, 11) is 2.92. The lowest BCUT2D eigenvalue weighted by Crippen LogP contribution is -2.32. The van der Waals surface area contributed by atoms with Gasteiger partial charge >= 0.3 is 5.97 Å². The van der Waals surface area contributed by atoms with Crippen molar-refractivity contribution in [3.05, 3.63) is 23.3 Å². The quantitative estimate of drug-likeness (QED) is 0.821. The van der Waals surface area contributed by atoms with E-state index in [2.05, 4.69) is 0 Å². The van der Waals surface area contributed by atoms with E-state index in [1.54, 1.807) is 12.1 Å². The van der Waals surface area contributed by atoms with Gasteiger partial charge in [-0.05, 0) is 18.2 Å². The summed E-state index contributed by atoms with van der Waals surface area (Å²) in [6, 6.07) is 3.26. The number of benzene rings is 1. The van der Waals surface area contributed by atoms with E-state index in [-0.39, 0.29) is 11.3 Å². The number of carbonyl (C=O) groups excluding carboxylic acids is 1. The molecule has 6 nitrogen and oxygen atoms in total. The van der Waals surface area contributed by atoms with Crippen LogP contribution in [0.25, 0.3) is 6.08 Å². The maximum atomic E-state index is 11.1. The molecule has 0 saturated heterocycles. The highest BCUT2D eigenvalue weighted by atomic mass is 16.5. The van der Waals surface area contributed by atoms with Crippen molar-refractivity contribution in [3.8, 4) is 17.2 Å². The van der Waals surface area contributed by atoms with Gasteiger partial charge < -0.3 is 19.3 Å². The van der Waals surface area contributed by atoms with E-state index in [0.29, 0.717) is 23.3 Å². The Bertz CT molecular complexity index is 560. The van der Waals surface area contributed by atoms with Gasteiger partial charge in [-0.25, -0.2) is 4.79 Å². The van der Waals surface area contributed by atoms with Crippen LogP contribution in [0.2, 0.25) is 0 Å². The fraction of sp³-hybridized carbons (Fsp3) is 0.231. The summed E-state index contributed by atoms with van der Waals surface area (Å²) >= 11 is 0. The number of aldehydes is 1. The predicted molar refractivity (Wildman–Crippen MR) is 65.6 cm³/mol. The van der Waals surface area contributed by atoms with Crippen molar-refractivity contribution in [2.75, 3.05) is 14.2 Å². The Hall–Kier alpha value is -2.50. The third-order valence-electron chi connectivity index (χ3n) is 2.77. The molecule has 0 radical (unpaired) electrons. The number of rotatable bonds is 4. The van der Waals surface area contributed by atoms with E-state index in [1.165, 1.54) is 20.3 Å². The van der Waals surface area contributed by atoms with Gasteiger partial charge in [-0.15, -0.1) is 0 Å². The molecular formula is C13H12O6. The zero-order chi connectivity index (χ0) is 14.0. The molecule has 1 atom stereocenters. The van der Waals surface area contributed by atoms with Crippen LogP contribution in [0.1, 0.15) is 5.56 Å². The van der Waals surface area contributed by atoms with Crippen LogP contribution in [0.3, 0.4) is 0 Å². The number of hydrogen-bond donors (Lipinski definition) is 1. The van der Waals surface area contributed by atoms with Gasteiger partial charge in [0.2, 0.25) is 6.10 Å². The molecule has 0 bridgehead atoms. The minimum atomic E-state index is -1.34. The van der Waals surface area contributed by atoms with Gasteiger partial charge in [-0.2, -0.15) is 0 Å². The Morgan fingerprint density at radius 2 is 1.95 bits per heavy atom. The highest BCUT2D eigenvalue weighted by Gasteiger charge is 2.32. The topological polar surface area (TPSA) is 82.1 Å². The second-order valence-electron chi connectivity index (χ2n) is 3.81. The van der Waals surface area contributed by atoms with Crippen LogP contribution >= 0.6 is 0 Å². The second-order valence-corrected chi connectivity index (χ2v) is 3.81. The highest BCUT2D eigenvalue weighted by Crippen LogP contribution is 2.42. The Morgan fingerprint density at radius 3 is 2.47 bits per heavy atom. The summed E-state index contributed by atoms with van der Waals surface area (Å²) < 4.78 is 15.6. The molecule has 1 aromatic rings. The van der Waals surface area contributed by atoms with Crippen LogP contribution in [0.4, 0.5) is 0 Å². The summed E-state index contributed by atoms with van der Waals surface area (Å²) in [5, 5.41) is 9.06. The molecule has 1 aliphatic heterocycles. The highest BCUT2D eigenvalue weighted by molar-refractivity contribution is 5.96. The average Bonchev–Trinajstić information content (AvgIpc) is 2.44. The van der Waals surface area contributed by atoms with Gasteiger partial charge in [0, 0.05) is 5.57 Å². The third-order valence-corrected chi connectivity index (χ3v) is 2.77. The van der Waals surface area contributed by atoms with Crippen molar-refractivity contribution in [1.29, 1.82) is 0 Å². The Labute approximate surface area is 109 Å². The number of methoxy groups -OCH3 is 2. The largest absolute Gasteiger partial charge is 0.496 e. The third kappa shape index (κ3) is 2.12. The van der Waals surface area contributed by atoms with E-state index >= 15 is 0 Å². The van der Waals surface area contributed by atoms with Crippen LogP contribution < -0.4 is 14.2 Å². The molecule has 0 aliphatic carbocycles. The molecule has 1 N–H and O–H groups in total. The number of carboxylic acids is 1. The van der Waals surface area contributed by atoms with Crippen molar-refractivity contribution in [3.63, 3.8) is 0 Å². The fourth-order valence-electron chi connectivity index (χ4n) is 1.88. The van der Waals surface area contributed by atoms with Crippen LogP contribution in [0, 0.1) is 0 Å². The van der Waals surface area contributed by atoms with Crippen molar-refractivity contribution < 1.29 is 28.9 Å². The number of ether oxygens (including phenoxy) is 3. The molecule has 2 rings (SSSR count). The molecule has 6 heteroatoms. The first kappa shape index (κ1) is 12.9. The van der Waals surface area contributed by atoms with E-state index in [4.69, 9.17) is 19.3 Å². The van der Waals surface area contributed by atoms with Crippen LogP contribution in [0.15, 0.2) is 17.7 Å². The lowest BCUT2D eigenvalue weighted by molar-refractivity contribution is -0.143. The van der Waals surface area contributed by atoms with Gasteiger partial charge in [0.15, 0.2) is 11.5 Å². The minimum absolute atomic E-state index is 0.0200. The molecule has 1 heterocycles. The number of fused-ring (bicyclic) bond motifs is 1. The fourth-order valence-corrected chi connectivity index (χ4v) is 1.88. The summed E-state index contributed by atoms with van der Waals surface area (Å²) in [4.78, 5) is 22.0. The molecule has 0 aromatic heterocycles. The van der Waals surface area contributed by atoms with Gasteiger partial charge in [-0.3, -0.25) is 4.79 Å². The summed E-state index contributed by atoms with van der Waals surface area (Å²) in [6.07, 6.45) is 0.554. The van der Waals surface area contributed by atoms with Crippen LogP contribution in [-0.2, 0) is 9.59 Å². The zero-order valence-corrected chi connectivity index (χ0v) is 10.4. The van der Waals surface area contributed by atoms with Gasteiger partial charge in [0.05, 0.1) is 19.8 Å². The zero-order valence-electron chi connectivity index (χ0n) is 10.4. The number of carbonyl (C=O) groups is 2. The van der Waals surface area contributed by atoms with Crippen molar-refractivity contribution in [2.45, 2.75) is 6.10 Å². The van der Waals surface area contributed by atoms with Gasteiger partial charge in [-0.1, -0.05) is 0 Å². The first-order chi connectivity index (χ1) is 9.12. The van der Waals surface area contributed by atoms with E-state index in [9.17, 15) is 9.59 Å². The Balaban J connectivity index is 2.63. The monoisotopic (exact) mass is 264 g/mol. The minimum Gasteiger partial charge on any atom is -0.496 e. The maximum Gasteiger partial charge on any atom is 0.349 e. The predicted octanol–water partition coefficient (Wildman–Crippen LogP) is 1.13. The van der Waals surface area contributed by atoms with Crippen LogP contribution in [0.5, 0.6) is 17.2 Å². The summed E-state index contributed by atoms with van der Waals surface area (Å²) in [5.74, 6) is -0.143. The number of carboxylic acid groups (broad SMARTS) is 1. The maximum absolute atomic E-state index is 11.1. The van der Waals surface area contributed by atoms with Gasteiger partial charge in [0.1, 0.15) is 12.0 Å². The molecule has 1 unspecified atom stereocenters. The molecule has 0 spiro atoms. The van der Waals surface area contributed by atoms with Crippen molar-refractivity contribution in [2.24, 2.45) is 0 Å². The Kier molecular flexibility index (Phi) is 3.41. The molecule has 0 fully saturated rings. The van der Waals surface area contributed by atoms with Crippen LogP contribution in [-0.4, -0.2) is 37.7 Å². The smallest absolute Gasteiger partial charge is 0.349 e. The molecule has 1 aliphatic rings. The standard InChI is InChI=1S/C13H12O6/c1-17-9-3-4-10(18-2)12-8(9)5-7(6-14)11(19-12)13(15)16/h3-6,11H,1-2H3,(H,15,16). The molecule has 100 valence electrons. The lowest BCUT2D eigenvalue weighted by Gasteiger charge is -2.24. The summed E-state index contributed by atoms with van der Waals surface area (Å²) in [5.41, 5.74) is 0.507. The molecule has 0 amide bonds. The molecule has 1 aromatic carbocycles. The normalized spacial score (nSPS) is 16.7. The van der Waals surface area contributed by atoms with Crippen molar-refractivity contribution >= 4 is 18.3 Å². The average molecular weight is 264 g/mol. The Morgan fingerprint density at radius 1 is 1.32 bits per heavy atom. The van der Waals surface area contributed by atoms with E-state index in [1.807, 2.05) is 0 Å². The molecule has 19 heavy (non-hydrogen) atoms. The second kappa shape index (κ2) is 5.01. The van der Waals surface area contributed by atoms with E-state index < -0.39 is 12.1 Å².